The van der Waals surface area contributed by atoms with Gasteiger partial charge in [-0.25, -0.2) is 9.97 Å². The molecule has 6 bridgehead atoms. The molecule has 0 spiro atoms. The maximum atomic E-state index is 6.22. The molecular weight excluding hydrogens is 452 g/mol. The third-order valence-electron chi connectivity index (χ3n) is 7.32. The maximum absolute atomic E-state index is 6.22. The van der Waals surface area contributed by atoms with Gasteiger partial charge in [-0.05, 0) is 80.1 Å². The number of benzene rings is 2. The van der Waals surface area contributed by atoms with E-state index in [1.165, 1.54) is 32.4 Å². The standard InChI is InChI=1S/C29H34N4O3/c1-2-11-33(10-1)12-13-36-28-7-6-26-16-25(28)20-35-19-24-15-23(24)18-34-17-21-4-3-5-22(14-21)27-8-9-30-29(31-26)32-27/h3-9,14,16,23-24H,1-2,10-13,15,17-20H2,(H,30,31,32). The Balaban J connectivity index is 1.23. The molecule has 2 fully saturated rings. The molecule has 1 aliphatic carbocycles. The average molecular weight is 487 g/mol. The summed E-state index contributed by atoms with van der Waals surface area (Å²) in [4.78, 5) is 11.7. The van der Waals surface area contributed by atoms with Crippen molar-refractivity contribution in [3.05, 3.63) is 65.9 Å². The fourth-order valence-corrected chi connectivity index (χ4v) is 5.10. The fourth-order valence-electron chi connectivity index (χ4n) is 5.10. The first-order valence-corrected chi connectivity index (χ1v) is 13.1. The molecule has 2 aromatic carbocycles. The van der Waals surface area contributed by atoms with E-state index >= 15 is 0 Å². The van der Waals surface area contributed by atoms with Gasteiger partial charge in [-0.15, -0.1) is 0 Å². The summed E-state index contributed by atoms with van der Waals surface area (Å²) in [5.74, 6) is 2.60. The Hall–Kier alpha value is -3.00. The van der Waals surface area contributed by atoms with Crippen molar-refractivity contribution < 1.29 is 14.2 Å². The monoisotopic (exact) mass is 486 g/mol. The van der Waals surface area contributed by atoms with E-state index in [1.807, 2.05) is 18.2 Å². The number of rotatable bonds is 4. The normalized spacial score (nSPS) is 22.1. The molecule has 3 aromatic rings. The van der Waals surface area contributed by atoms with Crippen LogP contribution in [-0.4, -0.2) is 54.3 Å². The predicted octanol–water partition coefficient (Wildman–Crippen LogP) is 5.04. The van der Waals surface area contributed by atoms with Crippen LogP contribution in [0, 0.1) is 11.8 Å². The van der Waals surface area contributed by atoms with E-state index < -0.39 is 0 Å². The Kier molecular flexibility index (Phi) is 7.12. The molecule has 6 rings (SSSR count). The fraction of sp³-hybridized carbons (Fsp3) is 0.448. The summed E-state index contributed by atoms with van der Waals surface area (Å²) in [6, 6.07) is 16.5. The molecule has 0 amide bonds. The van der Waals surface area contributed by atoms with E-state index in [0.717, 1.165) is 53.6 Å². The molecule has 188 valence electrons. The molecule has 1 aromatic heterocycles. The van der Waals surface area contributed by atoms with Crippen LogP contribution in [0.25, 0.3) is 11.3 Å². The lowest BCUT2D eigenvalue weighted by Crippen LogP contribution is -2.25. The van der Waals surface area contributed by atoms with Crippen LogP contribution in [0.2, 0.25) is 0 Å². The van der Waals surface area contributed by atoms with Gasteiger partial charge >= 0.3 is 0 Å². The van der Waals surface area contributed by atoms with Crippen molar-refractivity contribution in [3.8, 4) is 17.0 Å². The number of nitrogens with one attached hydrogen (secondary N) is 1. The molecular formula is C29H34N4O3. The van der Waals surface area contributed by atoms with E-state index in [9.17, 15) is 0 Å². The summed E-state index contributed by atoms with van der Waals surface area (Å²) in [7, 11) is 0. The highest BCUT2D eigenvalue weighted by Crippen LogP contribution is 2.39. The van der Waals surface area contributed by atoms with Crippen molar-refractivity contribution >= 4 is 11.6 Å². The van der Waals surface area contributed by atoms with Crippen LogP contribution in [0.15, 0.2) is 54.7 Å². The highest BCUT2D eigenvalue weighted by atomic mass is 16.5. The van der Waals surface area contributed by atoms with Gasteiger partial charge in [0.15, 0.2) is 0 Å². The lowest BCUT2D eigenvalue weighted by molar-refractivity contribution is 0.0829. The van der Waals surface area contributed by atoms with E-state index in [-0.39, 0.29) is 0 Å². The molecule has 3 heterocycles. The van der Waals surface area contributed by atoms with Crippen molar-refractivity contribution in [1.82, 2.24) is 14.9 Å². The molecule has 3 aliphatic rings. The number of likely N-dealkylation sites (tertiary alicyclic amines) is 1. The van der Waals surface area contributed by atoms with Gasteiger partial charge in [0.05, 0.1) is 32.1 Å². The van der Waals surface area contributed by atoms with Gasteiger partial charge in [0.25, 0.3) is 0 Å². The smallest absolute Gasteiger partial charge is 0.227 e. The van der Waals surface area contributed by atoms with Gasteiger partial charge in [0.2, 0.25) is 5.95 Å². The third-order valence-corrected chi connectivity index (χ3v) is 7.32. The summed E-state index contributed by atoms with van der Waals surface area (Å²) < 4.78 is 18.4. The molecule has 7 nitrogen and oxygen atoms in total. The van der Waals surface area contributed by atoms with Crippen LogP contribution in [0.3, 0.4) is 0 Å². The van der Waals surface area contributed by atoms with Crippen LogP contribution < -0.4 is 10.1 Å². The molecule has 7 heteroatoms. The summed E-state index contributed by atoms with van der Waals surface area (Å²) in [5.41, 5.74) is 5.05. The molecule has 2 unspecified atom stereocenters. The minimum atomic E-state index is 0.518. The van der Waals surface area contributed by atoms with Gasteiger partial charge in [0, 0.05) is 29.6 Å². The summed E-state index contributed by atoms with van der Waals surface area (Å²) >= 11 is 0. The zero-order valence-corrected chi connectivity index (χ0v) is 20.7. The van der Waals surface area contributed by atoms with Gasteiger partial charge in [-0.3, -0.25) is 4.90 Å². The van der Waals surface area contributed by atoms with Crippen LogP contribution in [-0.2, 0) is 22.7 Å². The first-order chi connectivity index (χ1) is 17.8. The topological polar surface area (TPSA) is 68.7 Å². The molecule has 2 aliphatic heterocycles. The highest BCUT2D eigenvalue weighted by molar-refractivity contribution is 5.63. The first kappa shape index (κ1) is 23.4. The Labute approximate surface area is 212 Å². The van der Waals surface area contributed by atoms with Crippen molar-refractivity contribution in [2.45, 2.75) is 32.5 Å². The minimum absolute atomic E-state index is 0.518. The summed E-state index contributed by atoms with van der Waals surface area (Å²) in [6.07, 6.45) is 5.55. The second kappa shape index (κ2) is 10.9. The minimum Gasteiger partial charge on any atom is -0.492 e. The second-order valence-electron chi connectivity index (χ2n) is 10.1. The summed E-state index contributed by atoms with van der Waals surface area (Å²) in [6.45, 7) is 6.66. The van der Waals surface area contributed by atoms with E-state index in [0.29, 0.717) is 37.6 Å². The van der Waals surface area contributed by atoms with Crippen LogP contribution in [0.4, 0.5) is 11.6 Å². The van der Waals surface area contributed by atoms with Crippen LogP contribution in [0.1, 0.15) is 30.4 Å². The van der Waals surface area contributed by atoms with E-state index in [4.69, 9.17) is 19.2 Å². The van der Waals surface area contributed by atoms with Crippen molar-refractivity contribution in [1.29, 1.82) is 0 Å². The lowest BCUT2D eigenvalue weighted by atomic mass is 10.1. The number of anilines is 2. The molecule has 1 saturated heterocycles. The van der Waals surface area contributed by atoms with E-state index in [1.54, 1.807) is 6.20 Å². The lowest BCUT2D eigenvalue weighted by Gasteiger charge is -2.18. The van der Waals surface area contributed by atoms with Crippen molar-refractivity contribution in [2.24, 2.45) is 11.8 Å². The number of ether oxygens (including phenoxy) is 3. The zero-order valence-electron chi connectivity index (χ0n) is 20.7. The third kappa shape index (κ3) is 5.86. The quantitative estimate of drug-likeness (QED) is 0.554. The van der Waals surface area contributed by atoms with Crippen LogP contribution >= 0.6 is 0 Å². The Morgan fingerprint density at radius 1 is 0.972 bits per heavy atom. The molecule has 0 radical (unpaired) electrons. The Bertz CT molecular complexity index is 1180. The van der Waals surface area contributed by atoms with E-state index in [2.05, 4.69) is 45.5 Å². The second-order valence-corrected chi connectivity index (χ2v) is 10.1. The SMILES string of the molecule is c1cc2cc(c1)-c1ccnc(n1)Nc1ccc(OCCN3CCCC3)c(c1)COCC1CC1COC2. The predicted molar refractivity (Wildman–Crippen MR) is 139 cm³/mol. The average Bonchev–Trinajstić information content (AvgIpc) is 3.42. The molecule has 1 saturated carbocycles. The molecule has 1 N–H and O–H groups in total. The van der Waals surface area contributed by atoms with Crippen LogP contribution in [0.5, 0.6) is 5.75 Å². The van der Waals surface area contributed by atoms with Gasteiger partial charge < -0.3 is 19.5 Å². The number of fused-ring (bicyclic) bond motifs is 8. The van der Waals surface area contributed by atoms with Crippen molar-refractivity contribution in [3.63, 3.8) is 0 Å². The zero-order chi connectivity index (χ0) is 24.2. The number of aromatic nitrogens is 2. The highest BCUT2D eigenvalue weighted by Gasteiger charge is 2.37. The Morgan fingerprint density at radius 2 is 1.83 bits per heavy atom. The number of hydrogen-bond donors (Lipinski definition) is 1. The first-order valence-electron chi connectivity index (χ1n) is 13.1. The van der Waals surface area contributed by atoms with Crippen molar-refractivity contribution in [2.75, 3.05) is 44.8 Å². The van der Waals surface area contributed by atoms with Gasteiger partial charge in [-0.1, -0.05) is 18.2 Å². The summed E-state index contributed by atoms with van der Waals surface area (Å²) in [5, 5.41) is 3.37. The largest absolute Gasteiger partial charge is 0.492 e. The molecule has 2 atom stereocenters. The number of hydrogen-bond acceptors (Lipinski definition) is 7. The van der Waals surface area contributed by atoms with Gasteiger partial charge in [-0.2, -0.15) is 0 Å². The number of nitrogens with zero attached hydrogens (tertiary/aromatic N) is 3. The Morgan fingerprint density at radius 3 is 2.72 bits per heavy atom. The maximum Gasteiger partial charge on any atom is 0.227 e. The van der Waals surface area contributed by atoms with Gasteiger partial charge in [0.1, 0.15) is 12.4 Å². The molecule has 36 heavy (non-hydrogen) atoms.